The lowest BCUT2D eigenvalue weighted by atomic mass is 10.2. The van der Waals surface area contributed by atoms with Gasteiger partial charge in [-0.2, -0.15) is 0 Å². The minimum atomic E-state index is 0.558. The molecule has 0 aliphatic heterocycles. The summed E-state index contributed by atoms with van der Waals surface area (Å²) in [5, 5.41) is 0. The predicted molar refractivity (Wildman–Crippen MR) is 68.7 cm³/mol. The Morgan fingerprint density at radius 3 is 2.87 bits per heavy atom. The molecule has 0 amide bonds. The highest BCUT2D eigenvalue weighted by atomic mass is 79.9. The van der Waals surface area contributed by atoms with Gasteiger partial charge in [0.05, 0.1) is 0 Å². The molecule has 0 fully saturated rings. The maximum absolute atomic E-state index is 5.50. The number of hydrogen-bond donors (Lipinski definition) is 1. The van der Waals surface area contributed by atoms with E-state index in [4.69, 9.17) is 5.73 Å². The van der Waals surface area contributed by atoms with Crippen molar-refractivity contribution >= 4 is 15.9 Å². The van der Waals surface area contributed by atoms with Crippen molar-refractivity contribution in [2.45, 2.75) is 6.54 Å². The van der Waals surface area contributed by atoms with E-state index in [1.54, 1.807) is 0 Å². The molecule has 3 heteroatoms. The van der Waals surface area contributed by atoms with E-state index in [-0.39, 0.29) is 0 Å². The van der Waals surface area contributed by atoms with Crippen molar-refractivity contribution in [1.29, 1.82) is 0 Å². The monoisotopic (exact) mass is 268 g/mol. The number of halogens is 1. The molecule has 0 radical (unpaired) electrons. The Morgan fingerprint density at radius 2 is 2.27 bits per heavy atom. The highest BCUT2D eigenvalue weighted by Crippen LogP contribution is 2.13. The van der Waals surface area contributed by atoms with Crippen LogP contribution in [0.2, 0.25) is 0 Å². The summed E-state index contributed by atoms with van der Waals surface area (Å²) in [6, 6.07) is 8.32. The van der Waals surface area contributed by atoms with E-state index in [0.717, 1.165) is 23.1 Å². The average molecular weight is 269 g/mol. The fourth-order valence-corrected chi connectivity index (χ4v) is 1.90. The molecule has 0 bridgehead atoms. The summed E-state index contributed by atoms with van der Waals surface area (Å²) in [7, 11) is 2.07. The number of nitrogens with zero attached hydrogens (tertiary/aromatic N) is 1. The number of benzene rings is 1. The topological polar surface area (TPSA) is 29.3 Å². The van der Waals surface area contributed by atoms with Gasteiger partial charge in [-0.05, 0) is 30.3 Å². The molecule has 0 aliphatic carbocycles. The molecule has 0 heterocycles. The van der Waals surface area contributed by atoms with Crippen LogP contribution in [0.1, 0.15) is 5.56 Å². The van der Waals surface area contributed by atoms with Gasteiger partial charge in [-0.3, -0.25) is 4.90 Å². The van der Waals surface area contributed by atoms with Crippen LogP contribution < -0.4 is 5.73 Å². The molecule has 0 saturated heterocycles. The van der Waals surface area contributed by atoms with E-state index in [9.17, 15) is 0 Å². The normalized spacial score (nSPS) is 10.7. The highest BCUT2D eigenvalue weighted by Gasteiger charge is 2.01. The molecule has 1 aromatic carbocycles. The predicted octanol–water partition coefficient (Wildman–Crippen LogP) is 2.40. The second-order valence-electron chi connectivity index (χ2n) is 3.76. The fourth-order valence-electron chi connectivity index (χ4n) is 1.45. The summed E-state index contributed by atoms with van der Waals surface area (Å²) < 4.78 is 1.12. The molecular weight excluding hydrogens is 252 g/mol. The van der Waals surface area contributed by atoms with Gasteiger partial charge in [0.1, 0.15) is 0 Å². The smallest absolute Gasteiger partial charge is 0.0234 e. The Labute approximate surface area is 99.9 Å². The Hall–Kier alpha value is -0.640. The van der Waals surface area contributed by atoms with Crippen LogP contribution in [0.3, 0.4) is 0 Å². The van der Waals surface area contributed by atoms with Gasteiger partial charge >= 0.3 is 0 Å². The van der Waals surface area contributed by atoms with Crippen LogP contribution in [0.4, 0.5) is 0 Å². The number of likely N-dealkylation sites (N-methyl/N-ethyl adjacent to an activating group) is 1. The van der Waals surface area contributed by atoms with Crippen LogP contribution in [0.25, 0.3) is 0 Å². The summed E-state index contributed by atoms with van der Waals surface area (Å²) in [6.45, 7) is 6.22. The minimum absolute atomic E-state index is 0.558. The molecule has 0 spiro atoms. The lowest BCUT2D eigenvalue weighted by Crippen LogP contribution is -2.23. The van der Waals surface area contributed by atoms with Crippen molar-refractivity contribution in [3.63, 3.8) is 0 Å². The zero-order valence-corrected chi connectivity index (χ0v) is 10.6. The molecular formula is C12H17BrN2. The van der Waals surface area contributed by atoms with E-state index >= 15 is 0 Å². The first-order valence-corrected chi connectivity index (χ1v) is 5.71. The first-order chi connectivity index (χ1) is 7.11. The van der Waals surface area contributed by atoms with Crippen molar-refractivity contribution in [3.8, 4) is 0 Å². The summed E-state index contributed by atoms with van der Waals surface area (Å²) in [6.07, 6.45) is 0. The van der Waals surface area contributed by atoms with E-state index < -0.39 is 0 Å². The highest BCUT2D eigenvalue weighted by molar-refractivity contribution is 9.10. The Balaban J connectivity index is 2.51. The average Bonchev–Trinajstić information content (AvgIpc) is 2.17. The van der Waals surface area contributed by atoms with Gasteiger partial charge < -0.3 is 5.73 Å². The minimum Gasteiger partial charge on any atom is -0.327 e. The molecule has 82 valence electrons. The Bertz CT molecular complexity index is 336. The van der Waals surface area contributed by atoms with Gasteiger partial charge in [-0.1, -0.05) is 34.6 Å². The van der Waals surface area contributed by atoms with Crippen molar-refractivity contribution in [2.75, 3.05) is 20.1 Å². The van der Waals surface area contributed by atoms with E-state index in [1.165, 1.54) is 5.56 Å². The van der Waals surface area contributed by atoms with Crippen molar-refractivity contribution in [3.05, 3.63) is 46.5 Å². The zero-order valence-electron chi connectivity index (χ0n) is 9.04. The van der Waals surface area contributed by atoms with E-state index in [2.05, 4.69) is 46.6 Å². The molecule has 2 nitrogen and oxygen atoms in total. The van der Waals surface area contributed by atoms with Gasteiger partial charge in [0.15, 0.2) is 0 Å². The molecule has 15 heavy (non-hydrogen) atoms. The molecule has 0 unspecified atom stereocenters. The zero-order chi connectivity index (χ0) is 11.3. The van der Waals surface area contributed by atoms with Crippen LogP contribution >= 0.6 is 15.9 Å². The first kappa shape index (κ1) is 12.4. The van der Waals surface area contributed by atoms with Crippen LogP contribution in [0.5, 0.6) is 0 Å². The second kappa shape index (κ2) is 6.05. The molecule has 1 aromatic rings. The Kier molecular flexibility index (Phi) is 5.02. The second-order valence-corrected chi connectivity index (χ2v) is 4.67. The number of rotatable bonds is 5. The van der Waals surface area contributed by atoms with Gasteiger partial charge in [0.25, 0.3) is 0 Å². The SMILES string of the molecule is C=C(CN)CN(C)Cc1cccc(Br)c1. The van der Waals surface area contributed by atoms with Gasteiger partial charge in [0.2, 0.25) is 0 Å². The lowest BCUT2D eigenvalue weighted by molar-refractivity contribution is 0.354. The number of nitrogens with two attached hydrogens (primary N) is 1. The fraction of sp³-hybridized carbons (Fsp3) is 0.333. The van der Waals surface area contributed by atoms with Crippen LogP contribution in [-0.4, -0.2) is 25.0 Å². The first-order valence-electron chi connectivity index (χ1n) is 4.91. The third-order valence-electron chi connectivity index (χ3n) is 2.12. The van der Waals surface area contributed by atoms with Crippen LogP contribution in [0, 0.1) is 0 Å². The summed E-state index contributed by atoms with van der Waals surface area (Å²) >= 11 is 3.46. The molecule has 0 atom stereocenters. The largest absolute Gasteiger partial charge is 0.327 e. The summed E-state index contributed by atoms with van der Waals surface area (Å²) in [5.41, 5.74) is 7.86. The standard InChI is InChI=1S/C12H17BrN2/c1-10(7-14)8-15(2)9-11-4-3-5-12(13)6-11/h3-6H,1,7-9,14H2,2H3. The Morgan fingerprint density at radius 1 is 1.53 bits per heavy atom. The maximum atomic E-state index is 5.50. The summed E-state index contributed by atoms with van der Waals surface area (Å²) in [4.78, 5) is 2.21. The molecule has 2 N–H and O–H groups in total. The van der Waals surface area contributed by atoms with Gasteiger partial charge in [-0.25, -0.2) is 0 Å². The van der Waals surface area contributed by atoms with Crippen molar-refractivity contribution in [2.24, 2.45) is 5.73 Å². The lowest BCUT2D eigenvalue weighted by Gasteiger charge is -2.17. The third kappa shape index (κ3) is 4.60. The van der Waals surface area contributed by atoms with E-state index in [1.807, 2.05) is 12.1 Å². The molecule has 1 rings (SSSR count). The van der Waals surface area contributed by atoms with E-state index in [0.29, 0.717) is 6.54 Å². The molecule has 0 aliphatic rings. The third-order valence-corrected chi connectivity index (χ3v) is 2.62. The number of hydrogen-bond acceptors (Lipinski definition) is 2. The van der Waals surface area contributed by atoms with Crippen molar-refractivity contribution in [1.82, 2.24) is 4.90 Å². The molecule has 0 saturated carbocycles. The quantitative estimate of drug-likeness (QED) is 0.832. The van der Waals surface area contributed by atoms with Crippen LogP contribution in [0.15, 0.2) is 40.9 Å². The summed E-state index contributed by atoms with van der Waals surface area (Å²) in [5.74, 6) is 0. The van der Waals surface area contributed by atoms with Crippen molar-refractivity contribution < 1.29 is 0 Å². The van der Waals surface area contributed by atoms with Gasteiger partial charge in [-0.15, -0.1) is 0 Å². The van der Waals surface area contributed by atoms with Gasteiger partial charge in [0, 0.05) is 24.1 Å². The van der Waals surface area contributed by atoms with Crippen LogP contribution in [-0.2, 0) is 6.54 Å². The molecule has 0 aromatic heterocycles. The maximum Gasteiger partial charge on any atom is 0.0234 e.